The van der Waals surface area contributed by atoms with Crippen LogP contribution in [0.2, 0.25) is 0 Å². The third-order valence-electron chi connectivity index (χ3n) is 2.64. The van der Waals surface area contributed by atoms with Gasteiger partial charge in [-0.05, 0) is 30.7 Å². The van der Waals surface area contributed by atoms with Crippen LogP contribution >= 0.6 is 0 Å². The molecule has 0 unspecified atom stereocenters. The van der Waals surface area contributed by atoms with Crippen molar-refractivity contribution < 1.29 is 16.8 Å². The lowest BCUT2D eigenvalue weighted by atomic mass is 10.3. The lowest BCUT2D eigenvalue weighted by Crippen LogP contribution is -2.24. The first kappa shape index (κ1) is 16.9. The second kappa shape index (κ2) is 7.05. The molecule has 114 valence electrons. The standard InChI is InChI=1S/C12H20N2O4S2/c1-3-20(17,18)12-7-5-11(6-8-12)13-9-4-10-14-19(2,15)16/h5-8,13-14H,3-4,9-10H2,1-2H3. The molecule has 1 aromatic rings. The van der Waals surface area contributed by atoms with Gasteiger partial charge in [0.15, 0.2) is 9.84 Å². The molecule has 0 aromatic heterocycles. The van der Waals surface area contributed by atoms with Gasteiger partial charge in [0.05, 0.1) is 16.9 Å². The lowest BCUT2D eigenvalue weighted by Gasteiger charge is -2.08. The molecule has 0 fully saturated rings. The number of benzene rings is 1. The topological polar surface area (TPSA) is 92.3 Å². The van der Waals surface area contributed by atoms with Crippen molar-refractivity contribution in [3.8, 4) is 0 Å². The number of rotatable bonds is 8. The maximum atomic E-state index is 11.6. The Morgan fingerprint density at radius 1 is 1.00 bits per heavy atom. The van der Waals surface area contributed by atoms with E-state index in [1.54, 1.807) is 31.2 Å². The van der Waals surface area contributed by atoms with Crippen molar-refractivity contribution in [2.45, 2.75) is 18.2 Å². The van der Waals surface area contributed by atoms with E-state index < -0.39 is 19.9 Å². The van der Waals surface area contributed by atoms with Crippen LogP contribution in [0.5, 0.6) is 0 Å². The minimum Gasteiger partial charge on any atom is -0.385 e. The van der Waals surface area contributed by atoms with Crippen LogP contribution in [0.4, 0.5) is 5.69 Å². The van der Waals surface area contributed by atoms with Gasteiger partial charge in [-0.25, -0.2) is 21.6 Å². The van der Waals surface area contributed by atoms with E-state index in [2.05, 4.69) is 10.0 Å². The second-order valence-corrected chi connectivity index (χ2v) is 8.49. The van der Waals surface area contributed by atoms with Crippen LogP contribution in [0.1, 0.15) is 13.3 Å². The largest absolute Gasteiger partial charge is 0.385 e. The predicted octanol–water partition coefficient (Wildman–Crippen LogP) is 0.831. The zero-order valence-corrected chi connectivity index (χ0v) is 13.2. The van der Waals surface area contributed by atoms with Gasteiger partial charge in [0.1, 0.15) is 0 Å². The Morgan fingerprint density at radius 3 is 2.10 bits per heavy atom. The average Bonchev–Trinajstić information content (AvgIpc) is 2.37. The Balaban J connectivity index is 2.43. The molecule has 0 aliphatic heterocycles. The van der Waals surface area contributed by atoms with Crippen LogP contribution in [0.3, 0.4) is 0 Å². The molecular formula is C12H20N2O4S2. The summed E-state index contributed by atoms with van der Waals surface area (Å²) in [5, 5.41) is 3.10. The van der Waals surface area contributed by atoms with Gasteiger partial charge in [-0.3, -0.25) is 0 Å². The maximum absolute atomic E-state index is 11.6. The van der Waals surface area contributed by atoms with E-state index in [0.29, 0.717) is 24.4 Å². The van der Waals surface area contributed by atoms with Crippen molar-refractivity contribution in [2.24, 2.45) is 0 Å². The normalized spacial score (nSPS) is 12.3. The molecule has 6 nitrogen and oxygen atoms in total. The number of nitrogens with one attached hydrogen (secondary N) is 2. The highest BCUT2D eigenvalue weighted by Crippen LogP contribution is 2.15. The summed E-state index contributed by atoms with van der Waals surface area (Å²) in [6.45, 7) is 2.58. The maximum Gasteiger partial charge on any atom is 0.208 e. The smallest absolute Gasteiger partial charge is 0.208 e. The summed E-state index contributed by atoms with van der Waals surface area (Å²) in [5.74, 6) is 0.0803. The highest BCUT2D eigenvalue weighted by molar-refractivity contribution is 7.91. The van der Waals surface area contributed by atoms with Gasteiger partial charge in [-0.1, -0.05) is 6.92 Å². The van der Waals surface area contributed by atoms with Crippen molar-refractivity contribution in [2.75, 3.05) is 30.4 Å². The number of anilines is 1. The van der Waals surface area contributed by atoms with Crippen molar-refractivity contribution in [1.29, 1.82) is 0 Å². The van der Waals surface area contributed by atoms with E-state index in [9.17, 15) is 16.8 Å². The van der Waals surface area contributed by atoms with Crippen LogP contribution in [0.25, 0.3) is 0 Å². The molecule has 2 N–H and O–H groups in total. The molecule has 1 rings (SSSR count). The Hall–Kier alpha value is -1.12. The van der Waals surface area contributed by atoms with E-state index in [4.69, 9.17) is 0 Å². The SMILES string of the molecule is CCS(=O)(=O)c1ccc(NCCCNS(C)(=O)=O)cc1. The molecule has 0 saturated heterocycles. The van der Waals surface area contributed by atoms with E-state index in [0.717, 1.165) is 11.9 Å². The molecule has 0 aliphatic carbocycles. The number of sulfonamides is 1. The highest BCUT2D eigenvalue weighted by atomic mass is 32.2. The van der Waals surface area contributed by atoms with Crippen LogP contribution in [0.15, 0.2) is 29.2 Å². The van der Waals surface area contributed by atoms with Gasteiger partial charge in [-0.2, -0.15) is 0 Å². The third kappa shape index (κ3) is 5.89. The highest BCUT2D eigenvalue weighted by Gasteiger charge is 2.10. The Bertz CT molecular complexity index is 622. The molecule has 0 saturated carbocycles. The second-order valence-electron chi connectivity index (χ2n) is 4.37. The van der Waals surface area contributed by atoms with Gasteiger partial charge in [0, 0.05) is 18.8 Å². The molecule has 0 spiro atoms. The molecule has 8 heteroatoms. The first-order chi connectivity index (χ1) is 9.24. The summed E-state index contributed by atoms with van der Waals surface area (Å²) < 4.78 is 47.3. The summed E-state index contributed by atoms with van der Waals surface area (Å²) in [7, 11) is -6.30. The van der Waals surface area contributed by atoms with E-state index in [1.165, 1.54) is 0 Å². The zero-order valence-electron chi connectivity index (χ0n) is 11.6. The summed E-state index contributed by atoms with van der Waals surface area (Å²) in [5.41, 5.74) is 0.805. The van der Waals surface area contributed by atoms with Crippen LogP contribution in [-0.2, 0) is 19.9 Å². The van der Waals surface area contributed by atoms with Gasteiger partial charge in [0.25, 0.3) is 0 Å². The zero-order chi connectivity index (χ0) is 15.2. The molecule has 0 aliphatic rings. The fourth-order valence-electron chi connectivity index (χ4n) is 1.53. The predicted molar refractivity (Wildman–Crippen MR) is 80.1 cm³/mol. The van der Waals surface area contributed by atoms with E-state index in [1.807, 2.05) is 0 Å². The summed E-state index contributed by atoms with van der Waals surface area (Å²) >= 11 is 0. The number of hydrogen-bond donors (Lipinski definition) is 2. The van der Waals surface area contributed by atoms with Gasteiger partial charge >= 0.3 is 0 Å². The molecule has 0 heterocycles. The number of sulfone groups is 1. The first-order valence-electron chi connectivity index (χ1n) is 6.26. The van der Waals surface area contributed by atoms with Crippen LogP contribution in [-0.4, -0.2) is 41.9 Å². The average molecular weight is 320 g/mol. The molecule has 0 bridgehead atoms. The molecule has 0 atom stereocenters. The van der Waals surface area contributed by atoms with Crippen molar-refractivity contribution >= 4 is 25.5 Å². The molecule has 1 aromatic carbocycles. The quantitative estimate of drug-likeness (QED) is 0.692. The van der Waals surface area contributed by atoms with Crippen molar-refractivity contribution in [3.63, 3.8) is 0 Å². The molecular weight excluding hydrogens is 300 g/mol. The van der Waals surface area contributed by atoms with Crippen molar-refractivity contribution in [3.05, 3.63) is 24.3 Å². The summed E-state index contributed by atoms with van der Waals surface area (Å²) in [6, 6.07) is 6.53. The molecule has 20 heavy (non-hydrogen) atoms. The fraction of sp³-hybridized carbons (Fsp3) is 0.500. The first-order valence-corrected chi connectivity index (χ1v) is 9.80. The van der Waals surface area contributed by atoms with Crippen LogP contribution in [0, 0.1) is 0 Å². The van der Waals surface area contributed by atoms with Crippen LogP contribution < -0.4 is 10.0 Å². The monoisotopic (exact) mass is 320 g/mol. The lowest BCUT2D eigenvalue weighted by molar-refractivity contribution is 0.586. The van der Waals surface area contributed by atoms with E-state index in [-0.39, 0.29) is 5.75 Å². The minimum absolute atomic E-state index is 0.0803. The third-order valence-corrected chi connectivity index (χ3v) is 5.12. The van der Waals surface area contributed by atoms with E-state index >= 15 is 0 Å². The van der Waals surface area contributed by atoms with Gasteiger partial charge in [0.2, 0.25) is 10.0 Å². The molecule has 0 radical (unpaired) electrons. The Morgan fingerprint density at radius 2 is 1.60 bits per heavy atom. The summed E-state index contributed by atoms with van der Waals surface area (Å²) in [6.07, 6.45) is 1.76. The number of hydrogen-bond acceptors (Lipinski definition) is 5. The minimum atomic E-state index is -3.16. The summed E-state index contributed by atoms with van der Waals surface area (Å²) in [4.78, 5) is 0.310. The molecule has 0 amide bonds. The van der Waals surface area contributed by atoms with Crippen molar-refractivity contribution in [1.82, 2.24) is 4.72 Å². The Labute approximate surface area is 120 Å². The van der Waals surface area contributed by atoms with Gasteiger partial charge < -0.3 is 5.32 Å². The Kier molecular flexibility index (Phi) is 5.97. The van der Waals surface area contributed by atoms with Gasteiger partial charge in [-0.15, -0.1) is 0 Å². The fourth-order valence-corrected chi connectivity index (χ4v) is 2.92.